The van der Waals surface area contributed by atoms with E-state index < -0.39 is 16.5 Å². The minimum absolute atomic E-state index is 0.0304. The number of carbonyl (C=O) groups is 1. The first-order chi connectivity index (χ1) is 12.9. The Balaban J connectivity index is 1.51. The van der Waals surface area contributed by atoms with Crippen molar-refractivity contribution < 1.29 is 19.6 Å². The van der Waals surface area contributed by atoms with Crippen LogP contribution in [-0.4, -0.2) is 21.6 Å². The number of nitro groups is 1. The molecule has 0 radical (unpaired) electrons. The van der Waals surface area contributed by atoms with E-state index in [1.165, 1.54) is 43.9 Å². The monoisotopic (exact) mass is 371 g/mol. The third-order valence-corrected chi connectivity index (χ3v) is 8.21. The van der Waals surface area contributed by atoms with Gasteiger partial charge in [0.25, 0.3) is 0 Å². The number of fused-ring (bicyclic) bond motifs is 9. The molecule has 7 unspecified atom stereocenters. The Morgan fingerprint density at radius 3 is 2.67 bits per heavy atom. The fourth-order valence-electron chi connectivity index (χ4n) is 7.39. The summed E-state index contributed by atoms with van der Waals surface area (Å²) in [6.07, 6.45) is 6.99. The number of benzene rings is 1. The van der Waals surface area contributed by atoms with Gasteiger partial charge in [0.1, 0.15) is 5.60 Å². The first-order valence-electron chi connectivity index (χ1n) is 10.1. The Hall–Kier alpha value is -2.11. The molecule has 0 amide bonds. The van der Waals surface area contributed by atoms with Crippen LogP contribution in [0.15, 0.2) is 18.2 Å². The van der Waals surface area contributed by atoms with Crippen LogP contribution in [0.3, 0.4) is 0 Å². The molecule has 6 nitrogen and oxygen atoms in total. The second-order valence-electron chi connectivity index (χ2n) is 9.06. The molecule has 0 aliphatic heterocycles. The van der Waals surface area contributed by atoms with Crippen molar-refractivity contribution in [3.05, 3.63) is 33.9 Å². The molecule has 7 atom stereocenters. The smallest absolute Gasteiger partial charge is 0.335 e. The minimum atomic E-state index is -1.10. The number of carboxylic acids is 1. The maximum absolute atomic E-state index is 11.5. The van der Waals surface area contributed by atoms with E-state index in [9.17, 15) is 20.0 Å². The van der Waals surface area contributed by atoms with Crippen LogP contribution in [0.25, 0.3) is 0 Å². The van der Waals surface area contributed by atoms with Gasteiger partial charge in [0.15, 0.2) is 5.75 Å². The quantitative estimate of drug-likeness (QED) is 0.467. The van der Waals surface area contributed by atoms with Crippen LogP contribution in [0.2, 0.25) is 0 Å². The summed E-state index contributed by atoms with van der Waals surface area (Å²) in [7, 11) is 0. The number of ether oxygens (including phenoxy) is 1. The van der Waals surface area contributed by atoms with Crippen molar-refractivity contribution in [2.24, 2.45) is 35.5 Å². The van der Waals surface area contributed by atoms with Crippen molar-refractivity contribution in [1.82, 2.24) is 0 Å². The Bertz CT molecular complexity index is 823. The van der Waals surface area contributed by atoms with E-state index in [1.54, 1.807) is 0 Å². The summed E-state index contributed by atoms with van der Waals surface area (Å²) in [5, 5.41) is 20.8. The molecular formula is C21H25NO5. The normalized spacial score (nSPS) is 40.9. The molecular weight excluding hydrogens is 346 g/mol. The number of hydrogen-bond acceptors (Lipinski definition) is 4. The van der Waals surface area contributed by atoms with E-state index in [1.807, 2.05) is 0 Å². The van der Waals surface area contributed by atoms with Crippen molar-refractivity contribution in [1.29, 1.82) is 0 Å². The van der Waals surface area contributed by atoms with Crippen molar-refractivity contribution in [3.63, 3.8) is 0 Å². The summed E-state index contributed by atoms with van der Waals surface area (Å²) >= 11 is 0. The predicted molar refractivity (Wildman–Crippen MR) is 97.7 cm³/mol. The Morgan fingerprint density at radius 2 is 2.00 bits per heavy atom. The summed E-state index contributed by atoms with van der Waals surface area (Å²) in [6, 6.07) is 3.87. The fourth-order valence-corrected chi connectivity index (χ4v) is 7.39. The lowest BCUT2D eigenvalue weighted by molar-refractivity contribution is -0.386. The van der Waals surface area contributed by atoms with Gasteiger partial charge >= 0.3 is 11.7 Å². The molecule has 0 saturated heterocycles. The number of rotatable bonds is 5. The Labute approximate surface area is 158 Å². The molecule has 5 rings (SSSR count). The fraction of sp³-hybridized carbons (Fsp3) is 0.667. The van der Waals surface area contributed by atoms with Crippen LogP contribution in [-0.2, 0) is 0 Å². The molecule has 1 aromatic rings. The molecule has 6 heteroatoms. The van der Waals surface area contributed by atoms with Gasteiger partial charge in [-0.1, -0.05) is 6.92 Å². The Morgan fingerprint density at radius 1 is 1.26 bits per heavy atom. The number of aromatic carboxylic acids is 1. The lowest BCUT2D eigenvalue weighted by Gasteiger charge is -2.46. The van der Waals surface area contributed by atoms with E-state index in [2.05, 4.69) is 6.92 Å². The van der Waals surface area contributed by atoms with Crippen LogP contribution in [0.1, 0.15) is 55.8 Å². The average Bonchev–Trinajstić information content (AvgIpc) is 3.40. The predicted octanol–water partition coefficient (Wildman–Crippen LogP) is 4.52. The zero-order chi connectivity index (χ0) is 18.9. The molecule has 144 valence electrons. The molecule has 4 bridgehead atoms. The van der Waals surface area contributed by atoms with Gasteiger partial charge < -0.3 is 9.84 Å². The maximum atomic E-state index is 11.5. The highest BCUT2D eigenvalue weighted by atomic mass is 16.6. The van der Waals surface area contributed by atoms with Gasteiger partial charge in [-0.05, 0) is 74.2 Å². The van der Waals surface area contributed by atoms with E-state index >= 15 is 0 Å². The second kappa shape index (κ2) is 5.69. The van der Waals surface area contributed by atoms with Gasteiger partial charge in [-0.15, -0.1) is 0 Å². The van der Waals surface area contributed by atoms with Crippen molar-refractivity contribution in [3.8, 4) is 5.75 Å². The molecule has 4 aliphatic carbocycles. The summed E-state index contributed by atoms with van der Waals surface area (Å²) in [5.74, 6) is 3.34. The van der Waals surface area contributed by atoms with Crippen LogP contribution >= 0.6 is 0 Å². The molecule has 27 heavy (non-hydrogen) atoms. The molecule has 4 aliphatic rings. The second-order valence-corrected chi connectivity index (χ2v) is 9.06. The number of carboxylic acid groups (broad SMARTS) is 1. The van der Waals surface area contributed by atoms with Gasteiger partial charge in [0.2, 0.25) is 0 Å². The summed E-state index contributed by atoms with van der Waals surface area (Å²) in [6.45, 7) is 2.11. The first kappa shape index (κ1) is 17.0. The van der Waals surface area contributed by atoms with Crippen LogP contribution in [0, 0.1) is 45.6 Å². The highest BCUT2D eigenvalue weighted by Crippen LogP contribution is 2.70. The van der Waals surface area contributed by atoms with E-state index in [0.717, 1.165) is 30.6 Å². The number of nitrogens with zero attached hydrogens (tertiary/aromatic N) is 1. The number of hydrogen-bond donors (Lipinski definition) is 1. The van der Waals surface area contributed by atoms with Crippen molar-refractivity contribution in [2.45, 2.75) is 51.0 Å². The van der Waals surface area contributed by atoms with Gasteiger partial charge in [0, 0.05) is 18.1 Å². The molecule has 4 saturated carbocycles. The zero-order valence-electron chi connectivity index (χ0n) is 15.5. The minimum Gasteiger partial charge on any atom is -0.480 e. The van der Waals surface area contributed by atoms with Gasteiger partial charge in [0.05, 0.1) is 10.5 Å². The standard InChI is InChI=1S/C21H25NO5/c1-2-21(27-17-9-13(20(23)24)5-6-16(17)22(25)26)10-14-8-15(21)19-12-4-3-11(7-12)18(14)19/h5-6,9,11-12,14-15,18-19H,2-4,7-8,10H2,1H3,(H,23,24). The van der Waals surface area contributed by atoms with E-state index in [-0.39, 0.29) is 17.0 Å². The molecule has 4 fully saturated rings. The third kappa shape index (κ3) is 2.28. The molecule has 0 heterocycles. The van der Waals surface area contributed by atoms with Crippen molar-refractivity contribution >= 4 is 11.7 Å². The summed E-state index contributed by atoms with van der Waals surface area (Å²) in [4.78, 5) is 22.4. The lowest BCUT2D eigenvalue weighted by Crippen LogP contribution is -2.48. The van der Waals surface area contributed by atoms with Gasteiger partial charge in [-0.2, -0.15) is 0 Å². The molecule has 1 aromatic carbocycles. The van der Waals surface area contributed by atoms with Crippen LogP contribution < -0.4 is 4.74 Å². The highest BCUT2D eigenvalue weighted by Gasteiger charge is 2.67. The first-order valence-corrected chi connectivity index (χ1v) is 10.1. The van der Waals surface area contributed by atoms with Crippen molar-refractivity contribution in [2.75, 3.05) is 0 Å². The topological polar surface area (TPSA) is 89.7 Å². The average molecular weight is 371 g/mol. The van der Waals surface area contributed by atoms with Crippen LogP contribution in [0.5, 0.6) is 5.75 Å². The summed E-state index contributed by atoms with van der Waals surface area (Å²) < 4.78 is 6.44. The third-order valence-electron chi connectivity index (χ3n) is 8.21. The van der Waals surface area contributed by atoms with E-state index in [0.29, 0.717) is 17.8 Å². The SMILES string of the molecule is CCC1(Oc2cc(C(=O)O)ccc2[N+](=O)[O-])CC2CC1C1C3CCC(C3)C21. The lowest BCUT2D eigenvalue weighted by atomic mass is 9.65. The Kier molecular flexibility index (Phi) is 3.59. The molecule has 0 spiro atoms. The van der Waals surface area contributed by atoms with Crippen LogP contribution in [0.4, 0.5) is 5.69 Å². The number of nitro benzene ring substituents is 1. The maximum Gasteiger partial charge on any atom is 0.335 e. The summed E-state index contributed by atoms with van der Waals surface area (Å²) in [5.41, 5.74) is -0.499. The molecule has 0 aromatic heterocycles. The van der Waals surface area contributed by atoms with Gasteiger partial charge in [-0.3, -0.25) is 10.1 Å². The highest BCUT2D eigenvalue weighted by molar-refractivity contribution is 5.88. The largest absolute Gasteiger partial charge is 0.480 e. The van der Waals surface area contributed by atoms with Gasteiger partial charge in [-0.25, -0.2) is 4.79 Å². The molecule has 1 N–H and O–H groups in total. The zero-order valence-corrected chi connectivity index (χ0v) is 15.5. The van der Waals surface area contributed by atoms with E-state index in [4.69, 9.17) is 4.74 Å².